The first-order valence-corrected chi connectivity index (χ1v) is 8.19. The maximum Gasteiger partial charge on any atom is 0.193 e. The van der Waals surface area contributed by atoms with Gasteiger partial charge in [0.25, 0.3) is 0 Å². The van der Waals surface area contributed by atoms with Gasteiger partial charge in [-0.15, -0.1) is 35.3 Å². The third-order valence-corrected chi connectivity index (χ3v) is 4.68. The average molecular weight is 444 g/mol. The topological polar surface area (TPSA) is 53.6 Å². The molecule has 0 spiro atoms. The van der Waals surface area contributed by atoms with Crippen LogP contribution < -0.4 is 11.1 Å². The number of anilines is 1. The zero-order valence-electron chi connectivity index (χ0n) is 14.0. The summed E-state index contributed by atoms with van der Waals surface area (Å²) in [7, 11) is 4.12. The molecule has 2 aromatic rings. The molecule has 0 aliphatic heterocycles. The SMILES string of the molecule is Cc1ccc(NC(N)=NCC(c2cccs2)N(C)C)cc1C.I. The van der Waals surface area contributed by atoms with Crippen molar-refractivity contribution in [3.63, 3.8) is 0 Å². The Kier molecular flexibility index (Phi) is 8.01. The Labute approximate surface area is 159 Å². The first kappa shape index (κ1) is 19.9. The molecule has 2 rings (SSSR count). The molecule has 6 heteroatoms. The number of nitrogens with one attached hydrogen (secondary N) is 1. The molecule has 126 valence electrons. The van der Waals surface area contributed by atoms with E-state index in [2.05, 4.69) is 72.8 Å². The van der Waals surface area contributed by atoms with E-state index in [0.717, 1.165) is 5.69 Å². The van der Waals surface area contributed by atoms with Crippen LogP contribution in [0.15, 0.2) is 40.7 Å². The lowest BCUT2D eigenvalue weighted by Gasteiger charge is -2.21. The molecule has 3 N–H and O–H groups in total. The summed E-state index contributed by atoms with van der Waals surface area (Å²) >= 11 is 1.75. The van der Waals surface area contributed by atoms with Crippen LogP contribution in [0.5, 0.6) is 0 Å². The summed E-state index contributed by atoms with van der Waals surface area (Å²) in [4.78, 5) is 7.96. The Hall–Kier alpha value is -1.12. The summed E-state index contributed by atoms with van der Waals surface area (Å²) in [6.45, 7) is 4.82. The second-order valence-corrected chi connectivity index (χ2v) is 6.62. The molecule has 1 unspecified atom stereocenters. The van der Waals surface area contributed by atoms with Crippen LogP contribution in [-0.2, 0) is 0 Å². The van der Waals surface area contributed by atoms with E-state index < -0.39 is 0 Å². The molecule has 1 atom stereocenters. The van der Waals surface area contributed by atoms with E-state index in [-0.39, 0.29) is 30.0 Å². The predicted molar refractivity (Wildman–Crippen MR) is 112 cm³/mol. The Bertz CT molecular complexity index is 638. The lowest BCUT2D eigenvalue weighted by molar-refractivity contribution is 0.311. The van der Waals surface area contributed by atoms with Gasteiger partial charge < -0.3 is 16.0 Å². The number of aryl methyl sites for hydroxylation is 2. The third kappa shape index (κ3) is 5.78. The Morgan fingerprint density at radius 2 is 2.00 bits per heavy atom. The minimum absolute atomic E-state index is 0. The van der Waals surface area contributed by atoms with Gasteiger partial charge in [0.1, 0.15) is 0 Å². The van der Waals surface area contributed by atoms with Crippen LogP contribution in [-0.4, -0.2) is 31.5 Å². The number of likely N-dealkylation sites (N-methyl/N-ethyl adjacent to an activating group) is 1. The second kappa shape index (κ2) is 9.24. The molecule has 1 heterocycles. The summed E-state index contributed by atoms with van der Waals surface area (Å²) in [6, 6.07) is 10.6. The van der Waals surface area contributed by atoms with Crippen molar-refractivity contribution in [2.24, 2.45) is 10.7 Å². The van der Waals surface area contributed by atoms with Gasteiger partial charge in [0.05, 0.1) is 12.6 Å². The number of thiophene rings is 1. The largest absolute Gasteiger partial charge is 0.370 e. The van der Waals surface area contributed by atoms with Crippen LogP contribution in [0.25, 0.3) is 0 Å². The van der Waals surface area contributed by atoms with Crippen molar-refractivity contribution in [3.8, 4) is 0 Å². The molecule has 0 bridgehead atoms. The van der Waals surface area contributed by atoms with Crippen molar-refractivity contribution in [2.75, 3.05) is 26.0 Å². The second-order valence-electron chi connectivity index (χ2n) is 5.64. The highest BCUT2D eigenvalue weighted by molar-refractivity contribution is 14.0. The lowest BCUT2D eigenvalue weighted by Crippen LogP contribution is -2.27. The maximum absolute atomic E-state index is 6.02. The highest BCUT2D eigenvalue weighted by Gasteiger charge is 2.14. The van der Waals surface area contributed by atoms with Gasteiger partial charge in [-0.2, -0.15) is 0 Å². The zero-order chi connectivity index (χ0) is 16.1. The van der Waals surface area contributed by atoms with Crippen molar-refractivity contribution in [3.05, 3.63) is 51.7 Å². The Morgan fingerprint density at radius 1 is 1.26 bits per heavy atom. The number of nitrogens with two attached hydrogens (primary N) is 1. The molecule has 0 aliphatic rings. The number of hydrogen-bond acceptors (Lipinski definition) is 3. The fourth-order valence-electron chi connectivity index (χ4n) is 2.18. The van der Waals surface area contributed by atoms with Crippen LogP contribution in [0.4, 0.5) is 5.69 Å². The highest BCUT2D eigenvalue weighted by Crippen LogP contribution is 2.23. The molecule has 0 saturated heterocycles. The normalized spacial score (nSPS) is 12.8. The van der Waals surface area contributed by atoms with Crippen molar-refractivity contribution >= 4 is 47.0 Å². The van der Waals surface area contributed by atoms with E-state index in [4.69, 9.17) is 5.73 Å². The van der Waals surface area contributed by atoms with Crippen LogP contribution in [0, 0.1) is 13.8 Å². The average Bonchev–Trinajstić information content (AvgIpc) is 2.97. The van der Waals surface area contributed by atoms with Gasteiger partial charge in [-0.1, -0.05) is 12.1 Å². The molecule has 0 amide bonds. The van der Waals surface area contributed by atoms with E-state index >= 15 is 0 Å². The van der Waals surface area contributed by atoms with E-state index in [1.807, 2.05) is 6.07 Å². The minimum Gasteiger partial charge on any atom is -0.370 e. The Balaban J connectivity index is 0.00000264. The number of halogens is 1. The molecule has 1 aromatic carbocycles. The van der Waals surface area contributed by atoms with Gasteiger partial charge in [0.15, 0.2) is 5.96 Å². The minimum atomic E-state index is 0. The number of guanidine groups is 1. The third-order valence-electron chi connectivity index (χ3n) is 3.71. The standard InChI is InChI=1S/C17H24N4S.HI/c1-12-7-8-14(10-13(12)2)20-17(18)19-11-15(21(3)4)16-6-5-9-22-16;/h5-10,15H,11H2,1-4H3,(H3,18,19,20);1H. The number of benzene rings is 1. The van der Waals surface area contributed by atoms with E-state index in [1.165, 1.54) is 16.0 Å². The molecule has 0 fully saturated rings. The van der Waals surface area contributed by atoms with Gasteiger partial charge in [-0.05, 0) is 62.6 Å². The maximum atomic E-state index is 6.02. The summed E-state index contributed by atoms with van der Waals surface area (Å²) in [5.74, 6) is 0.451. The molecule has 0 aliphatic carbocycles. The smallest absolute Gasteiger partial charge is 0.193 e. The van der Waals surface area contributed by atoms with E-state index in [1.54, 1.807) is 11.3 Å². The molecule has 0 radical (unpaired) electrons. The van der Waals surface area contributed by atoms with Crippen LogP contribution in [0.2, 0.25) is 0 Å². The fraction of sp³-hybridized carbons (Fsp3) is 0.353. The van der Waals surface area contributed by atoms with Crippen molar-refractivity contribution < 1.29 is 0 Å². The lowest BCUT2D eigenvalue weighted by atomic mass is 10.1. The van der Waals surface area contributed by atoms with Gasteiger partial charge in [-0.3, -0.25) is 4.99 Å². The van der Waals surface area contributed by atoms with Gasteiger partial charge in [0, 0.05) is 10.6 Å². The fourth-order valence-corrected chi connectivity index (χ4v) is 3.09. The van der Waals surface area contributed by atoms with Crippen molar-refractivity contribution in [1.82, 2.24) is 4.90 Å². The van der Waals surface area contributed by atoms with E-state index in [0.29, 0.717) is 12.5 Å². The van der Waals surface area contributed by atoms with E-state index in [9.17, 15) is 0 Å². The molecule has 4 nitrogen and oxygen atoms in total. The molecular formula is C17H25IN4S. The summed E-state index contributed by atoms with van der Waals surface area (Å²) in [6.07, 6.45) is 0. The number of rotatable bonds is 5. The first-order valence-electron chi connectivity index (χ1n) is 7.31. The van der Waals surface area contributed by atoms with Crippen LogP contribution >= 0.6 is 35.3 Å². The van der Waals surface area contributed by atoms with Gasteiger partial charge >= 0.3 is 0 Å². The zero-order valence-corrected chi connectivity index (χ0v) is 17.2. The van der Waals surface area contributed by atoms with Crippen molar-refractivity contribution in [1.29, 1.82) is 0 Å². The quantitative estimate of drug-likeness (QED) is 0.416. The van der Waals surface area contributed by atoms with Crippen LogP contribution in [0.1, 0.15) is 22.0 Å². The summed E-state index contributed by atoms with van der Waals surface area (Å²) in [5.41, 5.74) is 9.50. The van der Waals surface area contributed by atoms with Crippen LogP contribution in [0.3, 0.4) is 0 Å². The number of hydrogen-bond donors (Lipinski definition) is 2. The van der Waals surface area contributed by atoms with Crippen molar-refractivity contribution in [2.45, 2.75) is 19.9 Å². The summed E-state index contributed by atoms with van der Waals surface area (Å²) < 4.78 is 0. The molecular weight excluding hydrogens is 419 g/mol. The molecule has 0 saturated carbocycles. The van der Waals surface area contributed by atoms with Gasteiger partial charge in [-0.25, -0.2) is 0 Å². The molecule has 23 heavy (non-hydrogen) atoms. The highest BCUT2D eigenvalue weighted by atomic mass is 127. The monoisotopic (exact) mass is 444 g/mol. The number of aliphatic imine (C=N–C) groups is 1. The number of nitrogens with zero attached hydrogens (tertiary/aromatic N) is 2. The molecule has 1 aromatic heterocycles. The summed E-state index contributed by atoms with van der Waals surface area (Å²) in [5, 5.41) is 5.25. The Morgan fingerprint density at radius 3 is 2.57 bits per heavy atom. The first-order chi connectivity index (χ1) is 10.5. The predicted octanol–water partition coefficient (Wildman–Crippen LogP) is 4.01. The van der Waals surface area contributed by atoms with Gasteiger partial charge in [0.2, 0.25) is 0 Å².